The quantitative estimate of drug-likeness (QED) is 0.633. The van der Waals surface area contributed by atoms with Gasteiger partial charge in [0.1, 0.15) is 5.69 Å². The van der Waals surface area contributed by atoms with Gasteiger partial charge in [0.25, 0.3) is 5.69 Å². The van der Waals surface area contributed by atoms with Crippen LogP contribution >= 0.6 is 11.3 Å². The van der Waals surface area contributed by atoms with Crippen LogP contribution in [0.3, 0.4) is 0 Å². The van der Waals surface area contributed by atoms with Crippen molar-refractivity contribution in [1.82, 2.24) is 4.98 Å². The zero-order valence-electron chi connectivity index (χ0n) is 11.9. The van der Waals surface area contributed by atoms with Gasteiger partial charge in [-0.3, -0.25) is 10.1 Å². The molecule has 112 valence electrons. The monoisotopic (exact) mass is 307 g/mol. The maximum Gasteiger partial charge on any atom is 0.292 e. The fourth-order valence-corrected chi connectivity index (χ4v) is 3.04. The average molecular weight is 307 g/mol. The summed E-state index contributed by atoms with van der Waals surface area (Å²) in [6.45, 7) is 4.37. The molecule has 0 saturated heterocycles. The molecule has 1 aromatic heterocycles. The highest BCUT2D eigenvalue weighted by Gasteiger charge is 2.14. The molecule has 7 heteroatoms. The Labute approximate surface area is 126 Å². The van der Waals surface area contributed by atoms with Crippen molar-refractivity contribution in [3.05, 3.63) is 49.5 Å². The van der Waals surface area contributed by atoms with Gasteiger partial charge in [-0.2, -0.15) is 0 Å². The van der Waals surface area contributed by atoms with E-state index in [0.717, 1.165) is 17.1 Å². The first-order chi connectivity index (χ1) is 10.0. The van der Waals surface area contributed by atoms with Crippen molar-refractivity contribution in [2.75, 3.05) is 11.9 Å². The minimum absolute atomic E-state index is 0.0180. The molecule has 0 aliphatic rings. The number of aliphatic hydroxyl groups is 1. The average Bonchev–Trinajstić information content (AvgIpc) is 2.76. The molecular formula is C14H17N3O3S. The molecule has 0 radical (unpaired) electrons. The number of rotatable bonds is 6. The van der Waals surface area contributed by atoms with E-state index in [0.29, 0.717) is 17.8 Å². The minimum atomic E-state index is -0.425. The molecule has 1 aromatic carbocycles. The number of nitrogens with one attached hydrogen (secondary N) is 1. The summed E-state index contributed by atoms with van der Waals surface area (Å²) < 4.78 is 0. The number of hydrogen-bond donors (Lipinski definition) is 2. The van der Waals surface area contributed by atoms with Crippen molar-refractivity contribution >= 4 is 22.7 Å². The van der Waals surface area contributed by atoms with Crippen LogP contribution in [0.1, 0.15) is 21.1 Å². The lowest BCUT2D eigenvalue weighted by Crippen LogP contribution is -2.07. The van der Waals surface area contributed by atoms with Crippen molar-refractivity contribution in [2.24, 2.45) is 0 Å². The first kappa shape index (κ1) is 15.4. The third-order valence-electron chi connectivity index (χ3n) is 3.11. The van der Waals surface area contributed by atoms with Gasteiger partial charge in [-0.1, -0.05) is 0 Å². The Morgan fingerprint density at radius 2 is 2.19 bits per heavy atom. The number of benzene rings is 1. The van der Waals surface area contributed by atoms with Gasteiger partial charge in [0, 0.05) is 23.9 Å². The predicted octanol–water partition coefficient (Wildman–Crippen LogP) is 2.82. The molecule has 0 unspecified atom stereocenters. The first-order valence-corrected chi connectivity index (χ1v) is 7.38. The van der Waals surface area contributed by atoms with Crippen LogP contribution in [-0.2, 0) is 13.0 Å². The molecule has 21 heavy (non-hydrogen) atoms. The lowest BCUT2D eigenvalue weighted by atomic mass is 10.1. The summed E-state index contributed by atoms with van der Waals surface area (Å²) in [5.41, 5.74) is 2.11. The standard InChI is InChI=1S/C14H17N3O3S/c1-9-14(21-10(2)16-9)5-6-15-12-7-11(8-18)3-4-13(12)17(19)20/h3-4,7,15,18H,5-6,8H2,1-2H3. The smallest absolute Gasteiger partial charge is 0.292 e. The maximum atomic E-state index is 11.0. The highest BCUT2D eigenvalue weighted by molar-refractivity contribution is 7.11. The Balaban J connectivity index is 2.08. The molecule has 0 aliphatic carbocycles. The number of thiazole rings is 1. The van der Waals surface area contributed by atoms with E-state index in [1.807, 2.05) is 13.8 Å². The molecule has 0 atom stereocenters. The number of aliphatic hydroxyl groups excluding tert-OH is 1. The van der Waals surface area contributed by atoms with Gasteiger partial charge < -0.3 is 10.4 Å². The summed E-state index contributed by atoms with van der Waals surface area (Å²) in [4.78, 5) is 16.1. The van der Waals surface area contributed by atoms with Crippen molar-refractivity contribution in [1.29, 1.82) is 0 Å². The zero-order valence-corrected chi connectivity index (χ0v) is 12.7. The van der Waals surface area contributed by atoms with Crippen LogP contribution in [0.4, 0.5) is 11.4 Å². The minimum Gasteiger partial charge on any atom is -0.392 e. The van der Waals surface area contributed by atoms with E-state index in [9.17, 15) is 10.1 Å². The van der Waals surface area contributed by atoms with Gasteiger partial charge in [0.05, 0.1) is 22.2 Å². The fourth-order valence-electron chi connectivity index (χ4n) is 2.10. The summed E-state index contributed by atoms with van der Waals surface area (Å²) in [7, 11) is 0. The van der Waals surface area contributed by atoms with Crippen LogP contribution in [0.2, 0.25) is 0 Å². The van der Waals surface area contributed by atoms with Gasteiger partial charge in [-0.05, 0) is 31.5 Å². The van der Waals surface area contributed by atoms with E-state index in [1.54, 1.807) is 23.5 Å². The number of aromatic nitrogens is 1. The molecule has 1 heterocycles. The topological polar surface area (TPSA) is 88.3 Å². The summed E-state index contributed by atoms with van der Waals surface area (Å²) in [6.07, 6.45) is 0.762. The molecule has 0 bridgehead atoms. The fraction of sp³-hybridized carbons (Fsp3) is 0.357. The summed E-state index contributed by atoms with van der Waals surface area (Å²) in [6, 6.07) is 4.58. The van der Waals surface area contributed by atoms with Crippen LogP contribution in [-0.4, -0.2) is 21.6 Å². The van der Waals surface area contributed by atoms with E-state index in [1.165, 1.54) is 10.9 Å². The summed E-state index contributed by atoms with van der Waals surface area (Å²) >= 11 is 1.64. The van der Waals surface area contributed by atoms with Crippen LogP contribution < -0.4 is 5.32 Å². The molecule has 0 fully saturated rings. The number of hydrogen-bond acceptors (Lipinski definition) is 6. The molecule has 0 spiro atoms. The molecule has 0 amide bonds. The third-order valence-corrected chi connectivity index (χ3v) is 4.24. The van der Waals surface area contributed by atoms with Crippen LogP contribution in [0.15, 0.2) is 18.2 Å². The van der Waals surface area contributed by atoms with Crippen LogP contribution in [0.25, 0.3) is 0 Å². The maximum absolute atomic E-state index is 11.0. The Hall–Kier alpha value is -1.99. The normalized spacial score (nSPS) is 10.6. The van der Waals surface area contributed by atoms with Gasteiger partial charge in [-0.25, -0.2) is 4.98 Å². The van der Waals surface area contributed by atoms with Crippen LogP contribution in [0, 0.1) is 24.0 Å². The number of aryl methyl sites for hydroxylation is 2. The highest BCUT2D eigenvalue weighted by Crippen LogP contribution is 2.26. The van der Waals surface area contributed by atoms with Gasteiger partial charge in [0.2, 0.25) is 0 Å². The second-order valence-corrected chi connectivity index (χ2v) is 5.97. The molecular weight excluding hydrogens is 290 g/mol. The Kier molecular flexibility index (Phi) is 4.87. The number of nitro groups is 1. The van der Waals surface area contributed by atoms with E-state index in [2.05, 4.69) is 10.3 Å². The van der Waals surface area contributed by atoms with E-state index < -0.39 is 4.92 Å². The first-order valence-electron chi connectivity index (χ1n) is 6.56. The molecule has 0 aliphatic heterocycles. The second kappa shape index (κ2) is 6.64. The molecule has 2 aromatic rings. The van der Waals surface area contributed by atoms with Gasteiger partial charge >= 0.3 is 0 Å². The number of anilines is 1. The van der Waals surface area contributed by atoms with Crippen molar-refractivity contribution < 1.29 is 10.0 Å². The molecule has 0 saturated carbocycles. The third kappa shape index (κ3) is 3.77. The molecule has 2 rings (SSSR count). The number of nitrogens with zero attached hydrogens (tertiary/aromatic N) is 2. The largest absolute Gasteiger partial charge is 0.392 e. The highest BCUT2D eigenvalue weighted by atomic mass is 32.1. The lowest BCUT2D eigenvalue weighted by Gasteiger charge is -2.08. The van der Waals surface area contributed by atoms with E-state index >= 15 is 0 Å². The van der Waals surface area contributed by atoms with E-state index in [4.69, 9.17) is 5.11 Å². The van der Waals surface area contributed by atoms with Gasteiger partial charge in [-0.15, -0.1) is 11.3 Å². The summed E-state index contributed by atoms with van der Waals surface area (Å²) in [5.74, 6) is 0. The Morgan fingerprint density at radius 1 is 1.43 bits per heavy atom. The SMILES string of the molecule is Cc1nc(C)c(CCNc2cc(CO)ccc2[N+](=O)[O-])s1. The van der Waals surface area contributed by atoms with E-state index in [-0.39, 0.29) is 12.3 Å². The molecule has 2 N–H and O–H groups in total. The molecule has 6 nitrogen and oxygen atoms in total. The zero-order chi connectivity index (χ0) is 15.4. The van der Waals surface area contributed by atoms with Crippen molar-refractivity contribution in [3.63, 3.8) is 0 Å². The van der Waals surface area contributed by atoms with Crippen molar-refractivity contribution in [3.8, 4) is 0 Å². The predicted molar refractivity (Wildman–Crippen MR) is 82.8 cm³/mol. The van der Waals surface area contributed by atoms with Gasteiger partial charge in [0.15, 0.2) is 0 Å². The Bertz CT molecular complexity index is 655. The number of nitro benzene ring substituents is 1. The summed E-state index contributed by atoms with van der Waals surface area (Å²) in [5, 5.41) is 24.2. The second-order valence-electron chi connectivity index (χ2n) is 4.68. The van der Waals surface area contributed by atoms with Crippen molar-refractivity contribution in [2.45, 2.75) is 26.9 Å². The lowest BCUT2D eigenvalue weighted by molar-refractivity contribution is -0.384. The van der Waals surface area contributed by atoms with Crippen LogP contribution in [0.5, 0.6) is 0 Å². The Morgan fingerprint density at radius 3 is 2.76 bits per heavy atom.